The molecule has 118 valence electrons. The highest BCUT2D eigenvalue weighted by Gasteiger charge is 2.03. The van der Waals surface area contributed by atoms with E-state index in [0.717, 1.165) is 36.8 Å². The molecule has 1 aromatic heterocycles. The number of benzene rings is 1. The van der Waals surface area contributed by atoms with Crippen LogP contribution < -0.4 is 5.73 Å². The summed E-state index contributed by atoms with van der Waals surface area (Å²) in [6.07, 6.45) is 0.901. The molecule has 0 fully saturated rings. The highest BCUT2D eigenvalue weighted by molar-refractivity contribution is 7.09. The number of hydrogen-bond acceptors (Lipinski definition) is 3. The van der Waals surface area contributed by atoms with E-state index in [9.17, 15) is 0 Å². The minimum atomic E-state index is 0.638. The van der Waals surface area contributed by atoms with Crippen LogP contribution in [0.15, 0.2) is 34.6 Å². The van der Waals surface area contributed by atoms with Crippen LogP contribution in [0.3, 0.4) is 0 Å². The summed E-state index contributed by atoms with van der Waals surface area (Å²) in [5, 5.41) is 3.19. The van der Waals surface area contributed by atoms with Gasteiger partial charge in [0.15, 0.2) is 5.96 Å². The van der Waals surface area contributed by atoms with E-state index in [-0.39, 0.29) is 0 Å². The average molecular weight is 316 g/mol. The Bertz CT molecular complexity index is 612. The van der Waals surface area contributed by atoms with Gasteiger partial charge < -0.3 is 10.6 Å². The van der Waals surface area contributed by atoms with Crippen molar-refractivity contribution in [1.82, 2.24) is 9.88 Å². The van der Waals surface area contributed by atoms with Gasteiger partial charge in [-0.1, -0.05) is 24.3 Å². The predicted octanol–water partition coefficient (Wildman–Crippen LogP) is 3.32. The molecule has 1 aromatic carbocycles. The molecule has 0 atom stereocenters. The van der Waals surface area contributed by atoms with Crippen molar-refractivity contribution in [3.63, 3.8) is 0 Å². The Morgan fingerprint density at radius 2 is 1.91 bits per heavy atom. The number of guanidine groups is 1. The Kier molecular flexibility index (Phi) is 5.95. The lowest BCUT2D eigenvalue weighted by Crippen LogP contribution is -2.37. The van der Waals surface area contributed by atoms with Crippen LogP contribution in [-0.4, -0.2) is 35.5 Å². The molecule has 1 heterocycles. The minimum absolute atomic E-state index is 0.638. The number of thiazole rings is 1. The Hall–Kier alpha value is -1.88. The first kappa shape index (κ1) is 16.5. The highest BCUT2D eigenvalue weighted by atomic mass is 32.1. The van der Waals surface area contributed by atoms with E-state index < -0.39 is 0 Å². The number of hydrogen-bond donors (Lipinski definition) is 1. The van der Waals surface area contributed by atoms with Gasteiger partial charge in [0.2, 0.25) is 0 Å². The summed E-state index contributed by atoms with van der Waals surface area (Å²) in [6.45, 7) is 8.72. The van der Waals surface area contributed by atoms with Gasteiger partial charge in [0.25, 0.3) is 0 Å². The standard InChI is InChI=1S/C17H24N4S/c1-4-21(5-2)17(18)19-11-10-14-6-8-15(9-7-14)16-12-22-13(3)20-16/h6-9,12H,4-5,10-11H2,1-3H3,(H2,18,19). The molecule has 5 heteroatoms. The number of aryl methyl sites for hydroxylation is 1. The summed E-state index contributed by atoms with van der Waals surface area (Å²) in [5.74, 6) is 0.638. The van der Waals surface area contributed by atoms with E-state index in [2.05, 4.69) is 58.4 Å². The van der Waals surface area contributed by atoms with Crippen molar-refractivity contribution in [2.45, 2.75) is 27.2 Å². The van der Waals surface area contributed by atoms with Crippen LogP contribution in [0.1, 0.15) is 24.4 Å². The van der Waals surface area contributed by atoms with E-state index in [1.54, 1.807) is 11.3 Å². The lowest BCUT2D eigenvalue weighted by atomic mass is 10.1. The van der Waals surface area contributed by atoms with E-state index in [4.69, 9.17) is 5.73 Å². The molecule has 0 amide bonds. The second-order valence-electron chi connectivity index (χ2n) is 5.11. The molecular formula is C17H24N4S. The molecule has 0 saturated carbocycles. The molecule has 4 nitrogen and oxygen atoms in total. The fourth-order valence-electron chi connectivity index (χ4n) is 2.29. The topological polar surface area (TPSA) is 54.5 Å². The number of rotatable bonds is 6. The maximum atomic E-state index is 5.97. The molecule has 2 N–H and O–H groups in total. The zero-order chi connectivity index (χ0) is 15.9. The zero-order valence-corrected chi connectivity index (χ0v) is 14.4. The van der Waals surface area contributed by atoms with Crippen LogP contribution in [-0.2, 0) is 6.42 Å². The fourth-order valence-corrected chi connectivity index (χ4v) is 2.91. The van der Waals surface area contributed by atoms with Crippen LogP contribution in [0.5, 0.6) is 0 Å². The van der Waals surface area contributed by atoms with Crippen LogP contribution in [0.4, 0.5) is 0 Å². The molecule has 0 spiro atoms. The van der Waals surface area contributed by atoms with Gasteiger partial charge in [-0.2, -0.15) is 0 Å². The van der Waals surface area contributed by atoms with Crippen molar-refractivity contribution in [3.8, 4) is 11.3 Å². The normalized spacial score (nSPS) is 11.7. The van der Waals surface area contributed by atoms with Crippen molar-refractivity contribution in [2.24, 2.45) is 10.7 Å². The highest BCUT2D eigenvalue weighted by Crippen LogP contribution is 2.21. The van der Waals surface area contributed by atoms with Gasteiger partial charge in [-0.3, -0.25) is 4.99 Å². The predicted molar refractivity (Wildman–Crippen MR) is 95.4 cm³/mol. The average Bonchev–Trinajstić information content (AvgIpc) is 2.96. The molecule has 22 heavy (non-hydrogen) atoms. The summed E-state index contributed by atoms with van der Waals surface area (Å²) >= 11 is 1.68. The maximum absolute atomic E-state index is 5.97. The molecule has 2 rings (SSSR count). The minimum Gasteiger partial charge on any atom is -0.370 e. The van der Waals surface area contributed by atoms with Gasteiger partial charge in [0.05, 0.1) is 10.7 Å². The lowest BCUT2D eigenvalue weighted by molar-refractivity contribution is 0.458. The maximum Gasteiger partial charge on any atom is 0.191 e. The summed E-state index contributed by atoms with van der Waals surface area (Å²) < 4.78 is 0. The van der Waals surface area contributed by atoms with Crippen molar-refractivity contribution in [1.29, 1.82) is 0 Å². The summed E-state index contributed by atoms with van der Waals surface area (Å²) in [7, 11) is 0. The lowest BCUT2D eigenvalue weighted by Gasteiger charge is -2.19. The van der Waals surface area contributed by atoms with Crippen molar-refractivity contribution in [2.75, 3.05) is 19.6 Å². The SMILES string of the molecule is CCN(CC)C(N)=NCCc1ccc(-c2csc(C)n2)cc1. The van der Waals surface area contributed by atoms with Crippen molar-refractivity contribution in [3.05, 3.63) is 40.2 Å². The smallest absolute Gasteiger partial charge is 0.191 e. The Labute approximate surface area is 136 Å². The molecule has 0 saturated heterocycles. The van der Waals surface area contributed by atoms with Crippen molar-refractivity contribution >= 4 is 17.3 Å². The van der Waals surface area contributed by atoms with E-state index in [0.29, 0.717) is 5.96 Å². The summed E-state index contributed by atoms with van der Waals surface area (Å²) in [4.78, 5) is 11.0. The monoisotopic (exact) mass is 316 g/mol. The molecule has 0 radical (unpaired) electrons. The van der Waals surface area contributed by atoms with Gasteiger partial charge >= 0.3 is 0 Å². The number of nitrogens with two attached hydrogens (primary N) is 1. The second kappa shape index (κ2) is 7.94. The molecule has 2 aromatic rings. The fraction of sp³-hybridized carbons (Fsp3) is 0.412. The molecule has 0 unspecified atom stereocenters. The zero-order valence-electron chi connectivity index (χ0n) is 13.5. The third-order valence-electron chi connectivity index (χ3n) is 3.63. The number of nitrogens with zero attached hydrogens (tertiary/aromatic N) is 3. The van der Waals surface area contributed by atoms with Crippen LogP contribution in [0.25, 0.3) is 11.3 Å². The van der Waals surface area contributed by atoms with Gasteiger partial charge in [0, 0.05) is 30.6 Å². The van der Waals surface area contributed by atoms with E-state index in [1.807, 2.05) is 6.92 Å². The number of aromatic nitrogens is 1. The quantitative estimate of drug-likeness (QED) is 0.657. The first-order chi connectivity index (χ1) is 10.6. The molecule has 0 aliphatic rings. The van der Waals surface area contributed by atoms with Crippen LogP contribution in [0.2, 0.25) is 0 Å². The van der Waals surface area contributed by atoms with Crippen LogP contribution in [0, 0.1) is 6.92 Å². The Morgan fingerprint density at radius 1 is 1.23 bits per heavy atom. The summed E-state index contributed by atoms with van der Waals surface area (Å²) in [5.41, 5.74) is 9.46. The van der Waals surface area contributed by atoms with Gasteiger partial charge in [0.1, 0.15) is 0 Å². The van der Waals surface area contributed by atoms with Crippen molar-refractivity contribution < 1.29 is 0 Å². The summed E-state index contributed by atoms with van der Waals surface area (Å²) in [6, 6.07) is 8.54. The first-order valence-electron chi connectivity index (χ1n) is 7.70. The van der Waals surface area contributed by atoms with Crippen LogP contribution >= 0.6 is 11.3 Å². The molecule has 0 bridgehead atoms. The molecule has 0 aliphatic carbocycles. The van der Waals surface area contributed by atoms with Gasteiger partial charge in [-0.05, 0) is 32.8 Å². The van der Waals surface area contributed by atoms with Gasteiger partial charge in [-0.15, -0.1) is 11.3 Å². The largest absolute Gasteiger partial charge is 0.370 e. The number of aliphatic imine (C=N–C) groups is 1. The third kappa shape index (κ3) is 4.31. The third-order valence-corrected chi connectivity index (χ3v) is 4.40. The van der Waals surface area contributed by atoms with Gasteiger partial charge in [-0.25, -0.2) is 4.98 Å². The second-order valence-corrected chi connectivity index (χ2v) is 6.17. The first-order valence-corrected chi connectivity index (χ1v) is 8.58. The molecular weight excluding hydrogens is 292 g/mol. The Balaban J connectivity index is 1.93. The van der Waals surface area contributed by atoms with E-state index >= 15 is 0 Å². The Morgan fingerprint density at radius 3 is 2.45 bits per heavy atom. The van der Waals surface area contributed by atoms with E-state index in [1.165, 1.54) is 11.1 Å². The molecule has 0 aliphatic heterocycles.